The number of hydrogen-bond acceptors (Lipinski definition) is 0. The van der Waals surface area contributed by atoms with Gasteiger partial charge in [0.05, 0.1) is 0 Å². The third-order valence-electron chi connectivity index (χ3n) is 5.55. The van der Waals surface area contributed by atoms with E-state index in [1.54, 1.807) is 0 Å². The van der Waals surface area contributed by atoms with E-state index >= 15 is 0 Å². The second-order valence-electron chi connectivity index (χ2n) is 6.95. The molecule has 1 aliphatic heterocycles. The van der Waals surface area contributed by atoms with Gasteiger partial charge in [-0.15, -0.1) is 0 Å². The number of rotatable bonds is 1. The van der Waals surface area contributed by atoms with Crippen LogP contribution in [0.5, 0.6) is 0 Å². The standard InChI is InChI=1S/C21H22N/c1-20(2)19-14-13-16-9-7-8-12-18(16)21(19,15-22(20)3)17-10-5-4-6-11-17/h4-12,14-15H,13H2,1-3H3/q+1/t21-/m1/s1. The number of fused-ring (bicyclic) bond motifs is 3. The summed E-state index contributed by atoms with van der Waals surface area (Å²) in [5.74, 6) is 0. The van der Waals surface area contributed by atoms with Gasteiger partial charge in [0, 0.05) is 19.4 Å². The van der Waals surface area contributed by atoms with Crippen molar-refractivity contribution < 1.29 is 4.58 Å². The highest BCUT2D eigenvalue weighted by Crippen LogP contribution is 2.50. The molecular formula is C21H22N+. The summed E-state index contributed by atoms with van der Waals surface area (Å²) in [5.41, 5.74) is 5.68. The van der Waals surface area contributed by atoms with E-state index in [0.717, 1.165) is 6.42 Å². The Morgan fingerprint density at radius 1 is 0.909 bits per heavy atom. The molecule has 2 aromatic carbocycles. The minimum atomic E-state index is -0.117. The van der Waals surface area contributed by atoms with Crippen LogP contribution in [0, 0.1) is 0 Å². The summed E-state index contributed by atoms with van der Waals surface area (Å²) in [6.07, 6.45) is 5.91. The van der Waals surface area contributed by atoms with Gasteiger partial charge in [-0.25, -0.2) is 4.58 Å². The Hall–Kier alpha value is -2.15. The summed E-state index contributed by atoms with van der Waals surface area (Å²) in [5, 5.41) is 0. The molecule has 0 aromatic heterocycles. The van der Waals surface area contributed by atoms with E-state index in [9.17, 15) is 0 Å². The molecule has 0 fully saturated rings. The molecule has 1 heteroatoms. The quantitative estimate of drug-likeness (QED) is 0.552. The highest BCUT2D eigenvalue weighted by Gasteiger charge is 2.56. The predicted molar refractivity (Wildman–Crippen MR) is 91.8 cm³/mol. The zero-order valence-electron chi connectivity index (χ0n) is 13.5. The van der Waals surface area contributed by atoms with Gasteiger partial charge in [-0.2, -0.15) is 0 Å². The summed E-state index contributed by atoms with van der Waals surface area (Å²) in [7, 11) is 2.20. The van der Waals surface area contributed by atoms with Gasteiger partial charge in [0.2, 0.25) is 0 Å². The first kappa shape index (κ1) is 13.5. The molecule has 0 saturated heterocycles. The number of nitrogens with zero attached hydrogens (tertiary/aromatic N) is 1. The lowest BCUT2D eigenvalue weighted by Crippen LogP contribution is -2.39. The molecule has 0 bridgehead atoms. The molecule has 2 aromatic rings. The van der Waals surface area contributed by atoms with Crippen LogP contribution in [0.1, 0.15) is 30.5 Å². The van der Waals surface area contributed by atoms with E-state index in [1.165, 1.54) is 22.3 Å². The number of hydrogen-bond donors (Lipinski definition) is 0. The van der Waals surface area contributed by atoms with Crippen LogP contribution in [0.2, 0.25) is 0 Å². The smallest absolute Gasteiger partial charge is 0.179 e. The zero-order chi connectivity index (χ0) is 15.4. The largest absolute Gasteiger partial charge is 0.232 e. The van der Waals surface area contributed by atoms with Gasteiger partial charge in [0.15, 0.2) is 11.8 Å². The van der Waals surface area contributed by atoms with Crippen LogP contribution in [0.4, 0.5) is 0 Å². The molecular weight excluding hydrogens is 266 g/mol. The van der Waals surface area contributed by atoms with E-state index in [4.69, 9.17) is 0 Å². The van der Waals surface area contributed by atoms with Crippen molar-refractivity contribution >= 4 is 6.21 Å². The Balaban J connectivity index is 2.09. The number of allylic oxidation sites excluding steroid dienone is 1. The summed E-state index contributed by atoms with van der Waals surface area (Å²) < 4.78 is 2.38. The first-order valence-corrected chi connectivity index (χ1v) is 8.01. The molecule has 0 N–H and O–H groups in total. The molecule has 22 heavy (non-hydrogen) atoms. The third kappa shape index (κ3) is 1.57. The molecule has 110 valence electrons. The predicted octanol–water partition coefficient (Wildman–Crippen LogP) is 3.96. The zero-order valence-corrected chi connectivity index (χ0v) is 13.5. The van der Waals surface area contributed by atoms with E-state index in [-0.39, 0.29) is 11.0 Å². The molecule has 0 amide bonds. The summed E-state index contributed by atoms with van der Waals surface area (Å²) in [4.78, 5) is 0. The molecule has 0 radical (unpaired) electrons. The first-order chi connectivity index (χ1) is 10.6. The number of benzene rings is 2. The molecule has 0 unspecified atom stereocenters. The molecule has 1 heterocycles. The second-order valence-corrected chi connectivity index (χ2v) is 6.95. The van der Waals surface area contributed by atoms with Crippen LogP contribution in [0.3, 0.4) is 0 Å². The first-order valence-electron chi connectivity index (χ1n) is 8.01. The molecule has 0 saturated carbocycles. The SMILES string of the molecule is C[N+]1=C[C@]2(c3ccccc3)C(=CCc3ccccc32)C1(C)C. The van der Waals surface area contributed by atoms with Gasteiger partial charge in [0.1, 0.15) is 12.5 Å². The van der Waals surface area contributed by atoms with Crippen molar-refractivity contribution in [1.82, 2.24) is 0 Å². The Morgan fingerprint density at radius 3 is 2.36 bits per heavy atom. The Morgan fingerprint density at radius 2 is 1.59 bits per heavy atom. The molecule has 0 spiro atoms. The minimum Gasteiger partial charge on any atom is -0.232 e. The molecule has 4 rings (SSSR count). The third-order valence-corrected chi connectivity index (χ3v) is 5.55. The number of likely N-dealkylation sites (N-methyl/N-ethyl adjacent to an activating group) is 1. The van der Waals surface area contributed by atoms with Crippen LogP contribution in [-0.4, -0.2) is 23.4 Å². The van der Waals surface area contributed by atoms with E-state index in [0.29, 0.717) is 0 Å². The second kappa shape index (κ2) is 4.42. The maximum atomic E-state index is 2.45. The van der Waals surface area contributed by atoms with Crippen molar-refractivity contribution in [3.8, 4) is 0 Å². The van der Waals surface area contributed by atoms with Crippen LogP contribution in [-0.2, 0) is 11.8 Å². The molecule has 1 nitrogen and oxygen atoms in total. The van der Waals surface area contributed by atoms with Crippen LogP contribution in [0.25, 0.3) is 0 Å². The topological polar surface area (TPSA) is 3.01 Å². The van der Waals surface area contributed by atoms with E-state index in [1.807, 2.05) is 0 Å². The summed E-state index contributed by atoms with van der Waals surface area (Å²) in [6.45, 7) is 4.65. The van der Waals surface area contributed by atoms with Crippen LogP contribution < -0.4 is 0 Å². The molecule has 1 aliphatic carbocycles. The van der Waals surface area contributed by atoms with Crippen molar-refractivity contribution in [2.24, 2.45) is 0 Å². The molecule has 1 atom stereocenters. The van der Waals surface area contributed by atoms with Gasteiger partial charge >= 0.3 is 0 Å². The monoisotopic (exact) mass is 288 g/mol. The average Bonchev–Trinajstić information content (AvgIpc) is 2.76. The maximum absolute atomic E-state index is 2.45. The van der Waals surface area contributed by atoms with Gasteiger partial charge in [-0.1, -0.05) is 60.7 Å². The Kier molecular flexibility index (Phi) is 2.72. The van der Waals surface area contributed by atoms with Crippen LogP contribution in [0.15, 0.2) is 66.2 Å². The molecule has 2 aliphatic rings. The van der Waals surface area contributed by atoms with E-state index in [2.05, 4.69) is 92.4 Å². The summed E-state index contributed by atoms with van der Waals surface area (Å²) >= 11 is 0. The minimum absolute atomic E-state index is 0.0450. The van der Waals surface area contributed by atoms with Crippen molar-refractivity contribution in [3.05, 3.63) is 82.9 Å². The van der Waals surface area contributed by atoms with Gasteiger partial charge in [-0.05, 0) is 23.1 Å². The van der Waals surface area contributed by atoms with Crippen molar-refractivity contribution in [2.45, 2.75) is 31.2 Å². The fraction of sp³-hybridized carbons (Fsp3) is 0.286. The highest BCUT2D eigenvalue weighted by molar-refractivity contribution is 5.86. The van der Waals surface area contributed by atoms with Crippen molar-refractivity contribution in [2.75, 3.05) is 7.05 Å². The normalized spacial score (nSPS) is 25.0. The fourth-order valence-corrected chi connectivity index (χ4v) is 4.20. The van der Waals surface area contributed by atoms with Gasteiger partial charge < -0.3 is 0 Å². The lowest BCUT2D eigenvalue weighted by Gasteiger charge is -2.35. The lowest BCUT2D eigenvalue weighted by molar-refractivity contribution is -0.552. The lowest BCUT2D eigenvalue weighted by atomic mass is 9.63. The highest BCUT2D eigenvalue weighted by atomic mass is 15.1. The van der Waals surface area contributed by atoms with Gasteiger partial charge in [0.25, 0.3) is 0 Å². The van der Waals surface area contributed by atoms with Crippen molar-refractivity contribution in [3.63, 3.8) is 0 Å². The summed E-state index contributed by atoms with van der Waals surface area (Å²) in [6, 6.07) is 19.8. The Labute approximate surface area is 132 Å². The fourth-order valence-electron chi connectivity index (χ4n) is 4.20. The Bertz CT molecular complexity index is 796. The van der Waals surface area contributed by atoms with E-state index < -0.39 is 0 Å². The maximum Gasteiger partial charge on any atom is 0.179 e. The van der Waals surface area contributed by atoms with Crippen molar-refractivity contribution in [1.29, 1.82) is 0 Å². The van der Waals surface area contributed by atoms with Gasteiger partial charge in [-0.3, -0.25) is 0 Å². The van der Waals surface area contributed by atoms with Crippen LogP contribution >= 0.6 is 0 Å². The average molecular weight is 288 g/mol.